The Labute approximate surface area is 164 Å². The minimum Gasteiger partial charge on any atom is -0.497 e. The highest BCUT2D eigenvalue weighted by atomic mass is 32.2. The van der Waals surface area contributed by atoms with Crippen molar-refractivity contribution in [2.45, 2.75) is 11.0 Å². The average Bonchev–Trinajstić information content (AvgIpc) is 3.20. The van der Waals surface area contributed by atoms with Crippen molar-refractivity contribution in [1.82, 2.24) is 15.2 Å². The van der Waals surface area contributed by atoms with E-state index in [1.807, 2.05) is 30.3 Å². The number of hydrogen-bond acceptors (Lipinski definition) is 7. The van der Waals surface area contributed by atoms with Crippen molar-refractivity contribution in [3.05, 3.63) is 64.4 Å². The average molecular weight is 395 g/mol. The van der Waals surface area contributed by atoms with E-state index >= 15 is 0 Å². The fourth-order valence-corrected chi connectivity index (χ4v) is 3.64. The predicted molar refractivity (Wildman–Crippen MR) is 107 cm³/mol. The molecule has 0 bridgehead atoms. The molecular formula is C20H17N3O4S. The molecule has 1 N–H and O–H groups in total. The summed E-state index contributed by atoms with van der Waals surface area (Å²) in [5.41, 5.74) is 2.26. The van der Waals surface area contributed by atoms with Crippen molar-refractivity contribution in [2.75, 3.05) is 14.2 Å². The van der Waals surface area contributed by atoms with Crippen molar-refractivity contribution >= 4 is 22.7 Å². The normalized spacial score (nSPS) is 10.9. The summed E-state index contributed by atoms with van der Waals surface area (Å²) in [6, 6.07) is 14.7. The van der Waals surface area contributed by atoms with E-state index in [0.29, 0.717) is 33.9 Å². The molecule has 0 aliphatic rings. The fourth-order valence-electron chi connectivity index (χ4n) is 2.89. The Morgan fingerprint density at radius 3 is 2.75 bits per heavy atom. The second kappa shape index (κ2) is 7.77. The third-order valence-electron chi connectivity index (χ3n) is 4.23. The molecule has 2 aromatic heterocycles. The van der Waals surface area contributed by atoms with Crippen molar-refractivity contribution in [1.29, 1.82) is 0 Å². The molecule has 0 amide bonds. The van der Waals surface area contributed by atoms with Gasteiger partial charge in [0.1, 0.15) is 11.5 Å². The van der Waals surface area contributed by atoms with Crippen LogP contribution < -0.4 is 15.0 Å². The monoisotopic (exact) mass is 395 g/mol. The molecule has 0 saturated heterocycles. The van der Waals surface area contributed by atoms with E-state index in [0.717, 1.165) is 16.5 Å². The Hall–Kier alpha value is -3.26. The summed E-state index contributed by atoms with van der Waals surface area (Å²) in [7, 11) is 3.16. The van der Waals surface area contributed by atoms with Gasteiger partial charge >= 0.3 is 0 Å². The summed E-state index contributed by atoms with van der Waals surface area (Å²) < 4.78 is 16.4. The number of aromatic amines is 1. The van der Waals surface area contributed by atoms with Gasteiger partial charge in [-0.3, -0.25) is 4.79 Å². The molecule has 0 aliphatic heterocycles. The van der Waals surface area contributed by atoms with E-state index < -0.39 is 0 Å². The van der Waals surface area contributed by atoms with E-state index in [-0.39, 0.29) is 5.56 Å². The Morgan fingerprint density at radius 1 is 1.07 bits per heavy atom. The van der Waals surface area contributed by atoms with Crippen LogP contribution in [0.5, 0.6) is 11.5 Å². The Kier molecular flexibility index (Phi) is 5.03. The van der Waals surface area contributed by atoms with Crippen molar-refractivity contribution < 1.29 is 13.9 Å². The number of aromatic nitrogens is 3. The maximum absolute atomic E-state index is 11.9. The number of hydrogen-bond donors (Lipinski definition) is 1. The molecule has 4 rings (SSSR count). The van der Waals surface area contributed by atoms with Crippen molar-refractivity contribution in [3.8, 4) is 23.0 Å². The zero-order chi connectivity index (χ0) is 19.5. The van der Waals surface area contributed by atoms with E-state index in [2.05, 4.69) is 15.2 Å². The highest BCUT2D eigenvalue weighted by Crippen LogP contribution is 2.34. The van der Waals surface area contributed by atoms with Crippen LogP contribution in [0.2, 0.25) is 0 Å². The molecule has 0 aliphatic carbocycles. The summed E-state index contributed by atoms with van der Waals surface area (Å²) in [5, 5.41) is 9.62. The summed E-state index contributed by atoms with van der Waals surface area (Å²) in [6.07, 6.45) is 0. The van der Waals surface area contributed by atoms with Gasteiger partial charge in [-0.1, -0.05) is 30.0 Å². The number of methoxy groups -OCH3 is 2. The fraction of sp³-hybridized carbons (Fsp3) is 0.150. The van der Waals surface area contributed by atoms with Crippen molar-refractivity contribution in [3.63, 3.8) is 0 Å². The molecule has 142 valence electrons. The number of thioether (sulfide) groups is 1. The van der Waals surface area contributed by atoms with Gasteiger partial charge in [-0.25, -0.2) is 0 Å². The summed E-state index contributed by atoms with van der Waals surface area (Å²) >= 11 is 1.38. The van der Waals surface area contributed by atoms with Gasteiger partial charge in [0.25, 0.3) is 11.1 Å². The lowest BCUT2D eigenvalue weighted by atomic mass is 10.1. The largest absolute Gasteiger partial charge is 0.497 e. The lowest BCUT2D eigenvalue weighted by Gasteiger charge is -2.07. The number of fused-ring (bicyclic) bond motifs is 1. The van der Waals surface area contributed by atoms with Crippen LogP contribution in [-0.4, -0.2) is 29.4 Å². The number of nitrogens with zero attached hydrogens (tertiary/aromatic N) is 2. The first kappa shape index (κ1) is 18.1. The molecule has 28 heavy (non-hydrogen) atoms. The van der Waals surface area contributed by atoms with Crippen LogP contribution in [0.3, 0.4) is 0 Å². The third-order valence-corrected chi connectivity index (χ3v) is 5.10. The molecule has 0 fully saturated rings. The van der Waals surface area contributed by atoms with Gasteiger partial charge in [-0.2, -0.15) is 0 Å². The van der Waals surface area contributed by atoms with Gasteiger partial charge in [-0.15, -0.1) is 10.2 Å². The number of rotatable bonds is 6. The second-order valence-corrected chi connectivity index (χ2v) is 6.86. The van der Waals surface area contributed by atoms with E-state index in [9.17, 15) is 4.79 Å². The zero-order valence-corrected chi connectivity index (χ0v) is 16.1. The maximum atomic E-state index is 11.9. The lowest BCUT2D eigenvalue weighted by molar-refractivity contribution is 0.393. The van der Waals surface area contributed by atoms with Gasteiger partial charge in [0.15, 0.2) is 0 Å². The molecule has 0 radical (unpaired) electrons. The van der Waals surface area contributed by atoms with Crippen molar-refractivity contribution in [2.24, 2.45) is 0 Å². The standard InChI is InChI=1S/C20H17N3O4S/c1-25-13-7-8-15(17(10-13)26-2)19-22-23-20(27-19)28-11-12-9-18(24)21-16-6-4-3-5-14(12)16/h3-10H,11H2,1-2H3,(H,21,24). The maximum Gasteiger partial charge on any atom is 0.277 e. The van der Waals surface area contributed by atoms with Crippen LogP contribution in [0, 0.1) is 0 Å². The number of ether oxygens (including phenoxy) is 2. The number of pyridine rings is 1. The second-order valence-electron chi connectivity index (χ2n) is 5.93. The molecular weight excluding hydrogens is 378 g/mol. The molecule has 2 heterocycles. The zero-order valence-electron chi connectivity index (χ0n) is 15.3. The quantitative estimate of drug-likeness (QED) is 0.495. The SMILES string of the molecule is COc1ccc(-c2nnc(SCc3cc(=O)[nH]c4ccccc34)o2)c(OC)c1. The summed E-state index contributed by atoms with van der Waals surface area (Å²) in [5.74, 6) is 2.15. The van der Waals surface area contributed by atoms with Gasteiger partial charge in [0, 0.05) is 28.8 Å². The molecule has 7 nitrogen and oxygen atoms in total. The topological polar surface area (TPSA) is 90.2 Å². The minimum absolute atomic E-state index is 0.136. The van der Waals surface area contributed by atoms with Crippen LogP contribution in [-0.2, 0) is 5.75 Å². The van der Waals surface area contributed by atoms with Crippen LogP contribution in [0.1, 0.15) is 5.56 Å². The molecule has 0 unspecified atom stereocenters. The first-order valence-electron chi connectivity index (χ1n) is 8.47. The smallest absolute Gasteiger partial charge is 0.277 e. The minimum atomic E-state index is -0.136. The van der Waals surface area contributed by atoms with Crippen LogP contribution in [0.15, 0.2) is 63.0 Å². The first-order chi connectivity index (χ1) is 13.7. The molecule has 4 aromatic rings. The number of H-pyrrole nitrogens is 1. The van der Waals surface area contributed by atoms with Gasteiger partial charge in [0.2, 0.25) is 5.56 Å². The van der Waals surface area contributed by atoms with Gasteiger partial charge in [-0.05, 0) is 23.8 Å². The lowest BCUT2D eigenvalue weighted by Crippen LogP contribution is -2.05. The predicted octanol–water partition coefficient (Wildman–Crippen LogP) is 3.89. The molecule has 0 saturated carbocycles. The highest BCUT2D eigenvalue weighted by molar-refractivity contribution is 7.98. The first-order valence-corrected chi connectivity index (χ1v) is 9.46. The van der Waals surface area contributed by atoms with E-state index in [4.69, 9.17) is 13.9 Å². The van der Waals surface area contributed by atoms with Crippen LogP contribution in [0.25, 0.3) is 22.4 Å². The molecule has 2 aromatic carbocycles. The van der Waals surface area contributed by atoms with E-state index in [1.54, 1.807) is 32.4 Å². The summed E-state index contributed by atoms with van der Waals surface area (Å²) in [6.45, 7) is 0. The van der Waals surface area contributed by atoms with Crippen LogP contribution in [0.4, 0.5) is 0 Å². The number of nitrogens with one attached hydrogen (secondary N) is 1. The van der Waals surface area contributed by atoms with Gasteiger partial charge < -0.3 is 18.9 Å². The number of benzene rings is 2. The van der Waals surface area contributed by atoms with E-state index in [1.165, 1.54) is 11.8 Å². The summed E-state index contributed by atoms with van der Waals surface area (Å²) in [4.78, 5) is 14.7. The Bertz CT molecular complexity index is 1190. The van der Waals surface area contributed by atoms with Crippen LogP contribution >= 0.6 is 11.8 Å². The third kappa shape index (κ3) is 3.59. The Balaban J connectivity index is 1.58. The molecule has 0 spiro atoms. The highest BCUT2D eigenvalue weighted by Gasteiger charge is 2.15. The van der Waals surface area contributed by atoms with Gasteiger partial charge in [0.05, 0.1) is 19.8 Å². The molecule has 8 heteroatoms. The number of para-hydroxylation sites is 1. The molecule has 0 atom stereocenters. The Morgan fingerprint density at radius 2 is 1.93 bits per heavy atom.